The number of benzene rings is 3. The van der Waals surface area contributed by atoms with Crippen LogP contribution in [0.2, 0.25) is 0 Å². The van der Waals surface area contributed by atoms with Gasteiger partial charge in [-0.2, -0.15) is 0 Å². The summed E-state index contributed by atoms with van der Waals surface area (Å²) in [7, 11) is -3.86. The topological polar surface area (TPSA) is 154 Å². The van der Waals surface area contributed by atoms with Crippen LogP contribution in [0.1, 0.15) is 11.1 Å². The molecule has 0 heterocycles. The van der Waals surface area contributed by atoms with E-state index < -0.39 is 40.6 Å². The van der Waals surface area contributed by atoms with E-state index in [1.54, 1.807) is 36.4 Å². The van der Waals surface area contributed by atoms with Gasteiger partial charge in [0.15, 0.2) is 6.61 Å². The van der Waals surface area contributed by atoms with Gasteiger partial charge in [-0.1, -0.05) is 60.7 Å². The van der Waals surface area contributed by atoms with Crippen LogP contribution in [0.5, 0.6) is 0 Å². The molecule has 0 aliphatic heterocycles. The summed E-state index contributed by atoms with van der Waals surface area (Å²) in [6.07, 6.45) is -0.687. The van der Waals surface area contributed by atoms with E-state index in [4.69, 9.17) is 14.6 Å². The SMILES string of the molecule is NS(=O)(=O)c1ccc(NC(=O)COC(=O)[C@@H](Cc2ccccc2)NC(=O)OCc2ccccc2)cc1. The van der Waals surface area contributed by atoms with Crippen molar-refractivity contribution in [3.05, 3.63) is 96.1 Å². The molecular weight excluding hydrogens is 486 g/mol. The Balaban J connectivity index is 1.57. The van der Waals surface area contributed by atoms with E-state index in [-0.39, 0.29) is 23.6 Å². The normalized spacial score (nSPS) is 11.7. The lowest BCUT2D eigenvalue weighted by Gasteiger charge is -2.18. The maximum absolute atomic E-state index is 12.7. The molecule has 0 aliphatic carbocycles. The lowest BCUT2D eigenvalue weighted by Crippen LogP contribution is -2.44. The molecule has 0 saturated heterocycles. The average molecular weight is 512 g/mol. The number of anilines is 1. The van der Waals surface area contributed by atoms with Crippen LogP contribution < -0.4 is 15.8 Å². The van der Waals surface area contributed by atoms with Crippen LogP contribution in [-0.4, -0.2) is 39.0 Å². The first-order chi connectivity index (χ1) is 17.2. The van der Waals surface area contributed by atoms with Crippen molar-refractivity contribution in [3.63, 3.8) is 0 Å². The molecule has 36 heavy (non-hydrogen) atoms. The molecule has 0 bridgehead atoms. The van der Waals surface area contributed by atoms with E-state index in [1.165, 1.54) is 24.3 Å². The number of carbonyl (C=O) groups excluding carboxylic acids is 3. The number of nitrogens with two attached hydrogens (primary N) is 1. The molecule has 11 heteroatoms. The Kier molecular flexibility index (Phi) is 9.14. The summed E-state index contributed by atoms with van der Waals surface area (Å²) >= 11 is 0. The Morgan fingerprint density at radius 1 is 0.806 bits per heavy atom. The second-order valence-corrected chi connectivity index (χ2v) is 9.24. The Morgan fingerprint density at radius 2 is 1.39 bits per heavy atom. The number of carbonyl (C=O) groups is 3. The first kappa shape index (κ1) is 26.4. The average Bonchev–Trinajstić information content (AvgIpc) is 2.87. The van der Waals surface area contributed by atoms with Gasteiger partial charge in [-0.3, -0.25) is 4.79 Å². The molecule has 0 spiro atoms. The monoisotopic (exact) mass is 511 g/mol. The number of rotatable bonds is 10. The van der Waals surface area contributed by atoms with Gasteiger partial charge >= 0.3 is 12.1 Å². The number of hydrogen-bond acceptors (Lipinski definition) is 7. The minimum Gasteiger partial charge on any atom is -0.454 e. The third-order valence-electron chi connectivity index (χ3n) is 4.88. The summed E-state index contributed by atoms with van der Waals surface area (Å²) in [4.78, 5) is 37.2. The molecule has 0 aliphatic rings. The number of hydrogen-bond donors (Lipinski definition) is 3. The van der Waals surface area contributed by atoms with Crippen LogP contribution in [0.3, 0.4) is 0 Å². The van der Waals surface area contributed by atoms with Crippen LogP contribution in [0.25, 0.3) is 0 Å². The molecule has 3 rings (SSSR count). The highest BCUT2D eigenvalue weighted by atomic mass is 32.2. The first-order valence-electron chi connectivity index (χ1n) is 10.8. The van der Waals surface area contributed by atoms with Gasteiger partial charge in [0, 0.05) is 12.1 Å². The van der Waals surface area contributed by atoms with E-state index in [0.29, 0.717) is 0 Å². The Morgan fingerprint density at radius 3 is 1.97 bits per heavy atom. The molecule has 3 aromatic rings. The van der Waals surface area contributed by atoms with Crippen molar-refractivity contribution in [2.24, 2.45) is 5.14 Å². The zero-order chi connectivity index (χ0) is 26.0. The summed E-state index contributed by atoms with van der Waals surface area (Å²) < 4.78 is 33.0. The van der Waals surface area contributed by atoms with Crippen LogP contribution in [-0.2, 0) is 42.1 Å². The molecule has 0 saturated carbocycles. The van der Waals surface area contributed by atoms with Gasteiger partial charge in [0.05, 0.1) is 4.90 Å². The van der Waals surface area contributed by atoms with E-state index in [2.05, 4.69) is 10.6 Å². The lowest BCUT2D eigenvalue weighted by atomic mass is 10.1. The third kappa shape index (κ3) is 8.53. The summed E-state index contributed by atoms with van der Waals surface area (Å²) in [5.41, 5.74) is 1.83. The van der Waals surface area contributed by atoms with Crippen molar-refractivity contribution in [3.8, 4) is 0 Å². The van der Waals surface area contributed by atoms with E-state index in [0.717, 1.165) is 11.1 Å². The number of esters is 1. The maximum Gasteiger partial charge on any atom is 0.408 e. The smallest absolute Gasteiger partial charge is 0.408 e. The molecule has 0 unspecified atom stereocenters. The number of ether oxygens (including phenoxy) is 2. The summed E-state index contributed by atoms with van der Waals surface area (Å²) in [5.74, 6) is -1.48. The number of alkyl carbamates (subject to hydrolysis) is 1. The van der Waals surface area contributed by atoms with Crippen LogP contribution in [0, 0.1) is 0 Å². The molecule has 188 valence electrons. The molecule has 4 N–H and O–H groups in total. The zero-order valence-electron chi connectivity index (χ0n) is 19.1. The number of amides is 2. The number of primary sulfonamides is 1. The maximum atomic E-state index is 12.7. The summed E-state index contributed by atoms with van der Waals surface area (Å²) in [5, 5.41) is 10.0. The third-order valence-corrected chi connectivity index (χ3v) is 5.81. The first-order valence-corrected chi connectivity index (χ1v) is 12.4. The Labute approximate surface area is 208 Å². The van der Waals surface area contributed by atoms with Crippen molar-refractivity contribution in [2.45, 2.75) is 24.0 Å². The minimum absolute atomic E-state index is 0.0203. The van der Waals surface area contributed by atoms with E-state index >= 15 is 0 Å². The molecule has 1 atom stereocenters. The summed E-state index contributed by atoms with van der Waals surface area (Å²) in [6, 6.07) is 22.1. The van der Waals surface area contributed by atoms with Gasteiger partial charge in [0.1, 0.15) is 12.6 Å². The molecule has 0 aromatic heterocycles. The van der Waals surface area contributed by atoms with Gasteiger partial charge in [0.25, 0.3) is 5.91 Å². The highest BCUT2D eigenvalue weighted by molar-refractivity contribution is 7.89. The van der Waals surface area contributed by atoms with Gasteiger partial charge in [0.2, 0.25) is 10.0 Å². The quantitative estimate of drug-likeness (QED) is 0.353. The van der Waals surface area contributed by atoms with Gasteiger partial charge < -0.3 is 20.1 Å². The second-order valence-electron chi connectivity index (χ2n) is 7.67. The van der Waals surface area contributed by atoms with Crippen molar-refractivity contribution in [1.82, 2.24) is 5.32 Å². The van der Waals surface area contributed by atoms with Crippen molar-refractivity contribution >= 4 is 33.7 Å². The van der Waals surface area contributed by atoms with E-state index in [9.17, 15) is 22.8 Å². The second kappa shape index (κ2) is 12.5. The minimum atomic E-state index is -3.86. The molecule has 10 nitrogen and oxygen atoms in total. The highest BCUT2D eigenvalue weighted by Gasteiger charge is 2.24. The van der Waals surface area contributed by atoms with Crippen LogP contribution >= 0.6 is 0 Å². The molecular formula is C25H25N3O7S. The lowest BCUT2D eigenvalue weighted by molar-refractivity contribution is -0.149. The largest absolute Gasteiger partial charge is 0.454 e. The Hall–Kier alpha value is -4.22. The van der Waals surface area contributed by atoms with Gasteiger partial charge in [-0.25, -0.2) is 23.1 Å². The molecule has 0 fully saturated rings. The van der Waals surface area contributed by atoms with Crippen molar-refractivity contribution in [1.29, 1.82) is 0 Å². The predicted octanol–water partition coefficient (Wildman–Crippen LogP) is 2.35. The number of nitrogens with one attached hydrogen (secondary N) is 2. The van der Waals surface area contributed by atoms with Crippen LogP contribution in [0.4, 0.5) is 10.5 Å². The van der Waals surface area contributed by atoms with Crippen molar-refractivity contribution in [2.75, 3.05) is 11.9 Å². The fourth-order valence-corrected chi connectivity index (χ4v) is 3.63. The molecule has 2 amide bonds. The zero-order valence-corrected chi connectivity index (χ0v) is 19.9. The molecule has 3 aromatic carbocycles. The predicted molar refractivity (Wildman–Crippen MR) is 131 cm³/mol. The van der Waals surface area contributed by atoms with Crippen LogP contribution in [0.15, 0.2) is 89.8 Å². The summed E-state index contributed by atoms with van der Waals surface area (Å²) in [6.45, 7) is -0.603. The van der Waals surface area contributed by atoms with Gasteiger partial charge in [-0.15, -0.1) is 0 Å². The number of sulfonamides is 1. The highest BCUT2D eigenvalue weighted by Crippen LogP contribution is 2.13. The Bertz CT molecular complexity index is 1280. The van der Waals surface area contributed by atoms with E-state index in [1.807, 2.05) is 24.3 Å². The van der Waals surface area contributed by atoms with Gasteiger partial charge in [-0.05, 0) is 35.4 Å². The fraction of sp³-hybridized carbons (Fsp3) is 0.160. The fourth-order valence-electron chi connectivity index (χ4n) is 3.11. The van der Waals surface area contributed by atoms with Crippen molar-refractivity contribution < 1.29 is 32.3 Å². The molecule has 0 radical (unpaired) electrons. The standard InChI is InChI=1S/C25H25N3O7S/c26-36(32,33)21-13-11-20(12-14-21)27-23(29)17-34-24(30)22(15-18-7-3-1-4-8-18)28-25(31)35-16-19-9-5-2-6-10-19/h1-14,22H,15-17H2,(H,27,29)(H,28,31)(H2,26,32,33)/t22-/m1/s1.